The molecule has 2 aromatic rings. The monoisotopic (exact) mass is 434 g/mol. The molecule has 0 aliphatic carbocycles. The van der Waals surface area contributed by atoms with Crippen molar-refractivity contribution >= 4 is 46.5 Å². The minimum atomic E-state index is -0.365. The van der Waals surface area contributed by atoms with Crippen LogP contribution < -0.4 is 5.32 Å². The molecular weight excluding hydrogens is 416 g/mol. The van der Waals surface area contributed by atoms with Gasteiger partial charge in [-0.15, -0.1) is 0 Å². The molecule has 3 rings (SSSR count). The van der Waals surface area contributed by atoms with Crippen molar-refractivity contribution in [2.45, 2.75) is 26.2 Å². The molecule has 1 fully saturated rings. The Bertz CT molecular complexity index is 942. The highest BCUT2D eigenvalue weighted by Gasteiger charge is 2.34. The van der Waals surface area contributed by atoms with Crippen molar-refractivity contribution in [2.75, 3.05) is 13.1 Å². The molecule has 0 radical (unpaired) electrons. The maximum atomic E-state index is 12.4. The fourth-order valence-electron chi connectivity index (χ4n) is 2.64. The lowest BCUT2D eigenvalue weighted by atomic mass is 10.2. The summed E-state index contributed by atoms with van der Waals surface area (Å²) in [5, 5.41) is 6.65. The minimum absolute atomic E-state index is 0.122. The highest BCUT2D eigenvalue weighted by atomic mass is 35.5. The zero-order chi connectivity index (χ0) is 20.8. The number of nitrogens with zero attached hydrogens (tertiary/aromatic N) is 3. The van der Waals surface area contributed by atoms with Gasteiger partial charge in [0.15, 0.2) is 5.82 Å². The molecule has 0 saturated carbocycles. The maximum Gasteiger partial charge on any atom is 0.293 e. The van der Waals surface area contributed by atoms with Gasteiger partial charge in [-0.05, 0) is 48.9 Å². The van der Waals surface area contributed by atoms with Gasteiger partial charge in [0.2, 0.25) is 11.8 Å². The first-order chi connectivity index (χ1) is 13.9. The van der Waals surface area contributed by atoms with Crippen LogP contribution in [-0.2, 0) is 16.0 Å². The van der Waals surface area contributed by atoms with E-state index in [1.807, 2.05) is 0 Å². The smallest absolute Gasteiger partial charge is 0.293 e. The number of carbonyl (C=O) groups excluding carboxylic acids is 3. The number of carbonyl (C=O) groups is 3. The third kappa shape index (κ3) is 5.91. The summed E-state index contributed by atoms with van der Waals surface area (Å²) in [6, 6.07) is 6.97. The Hall–Kier alpha value is -2.65. The van der Waals surface area contributed by atoms with E-state index in [0.29, 0.717) is 40.9 Å². The van der Waals surface area contributed by atoms with E-state index in [4.69, 9.17) is 16.1 Å². The lowest BCUT2D eigenvalue weighted by Gasteiger charge is -2.12. The van der Waals surface area contributed by atoms with E-state index in [2.05, 4.69) is 15.5 Å². The summed E-state index contributed by atoms with van der Waals surface area (Å²) in [6.45, 7) is 2.05. The Morgan fingerprint density at radius 3 is 2.76 bits per heavy atom. The Kier molecular flexibility index (Phi) is 7.05. The van der Waals surface area contributed by atoms with Crippen molar-refractivity contribution in [3.63, 3.8) is 0 Å². The van der Waals surface area contributed by atoms with Crippen LogP contribution in [0.1, 0.15) is 30.1 Å². The van der Waals surface area contributed by atoms with Crippen molar-refractivity contribution in [1.82, 2.24) is 20.4 Å². The van der Waals surface area contributed by atoms with Crippen LogP contribution in [-0.4, -0.2) is 45.2 Å². The first-order valence-electron chi connectivity index (χ1n) is 8.99. The molecule has 152 valence electrons. The van der Waals surface area contributed by atoms with Crippen LogP contribution in [0.5, 0.6) is 0 Å². The lowest BCUT2D eigenvalue weighted by Crippen LogP contribution is -2.37. The van der Waals surface area contributed by atoms with Crippen molar-refractivity contribution < 1.29 is 18.9 Å². The number of aromatic nitrogens is 2. The first kappa shape index (κ1) is 21.1. The number of imide groups is 1. The minimum Gasteiger partial charge on any atom is -0.354 e. The summed E-state index contributed by atoms with van der Waals surface area (Å²) in [6.07, 6.45) is 3.03. The predicted octanol–water partition coefficient (Wildman–Crippen LogP) is 3.21. The normalized spacial score (nSPS) is 15.4. The highest BCUT2D eigenvalue weighted by molar-refractivity contribution is 8.18. The number of thioether (sulfide) groups is 1. The number of nitrogens with one attached hydrogen (secondary N) is 1. The molecule has 1 aliphatic rings. The average molecular weight is 435 g/mol. The molecule has 1 aliphatic heterocycles. The Balaban J connectivity index is 1.43. The molecule has 1 saturated heterocycles. The lowest BCUT2D eigenvalue weighted by molar-refractivity contribution is -0.124. The Morgan fingerprint density at radius 1 is 1.31 bits per heavy atom. The summed E-state index contributed by atoms with van der Waals surface area (Å²) in [7, 11) is 0. The zero-order valence-corrected chi connectivity index (χ0v) is 17.3. The van der Waals surface area contributed by atoms with E-state index >= 15 is 0 Å². The van der Waals surface area contributed by atoms with Crippen LogP contribution in [0, 0.1) is 6.92 Å². The average Bonchev–Trinajstić information content (AvgIpc) is 3.21. The van der Waals surface area contributed by atoms with Crippen molar-refractivity contribution in [2.24, 2.45) is 0 Å². The molecule has 0 atom stereocenters. The molecule has 10 heteroatoms. The van der Waals surface area contributed by atoms with Crippen LogP contribution >= 0.6 is 23.4 Å². The molecule has 1 N–H and O–H groups in total. The number of halogens is 1. The number of amides is 3. The van der Waals surface area contributed by atoms with Crippen LogP contribution in [0.3, 0.4) is 0 Å². The fourth-order valence-corrected chi connectivity index (χ4v) is 3.63. The second-order valence-corrected chi connectivity index (χ2v) is 7.75. The van der Waals surface area contributed by atoms with Crippen LogP contribution in [0.15, 0.2) is 33.7 Å². The fraction of sp³-hybridized carbons (Fsp3) is 0.316. The van der Waals surface area contributed by atoms with Crippen LogP contribution in [0.2, 0.25) is 5.02 Å². The standard InChI is InChI=1S/C19H19ClN4O4S/c1-12-22-17(28-23-12)4-2-3-16(25)21-9-10-24-18(26)15(29-19(24)27)11-13-5-7-14(20)8-6-13/h5-8,11H,2-4,9-10H2,1H3,(H,21,25)/b15-11+. The number of rotatable bonds is 8. The molecule has 1 aromatic heterocycles. The van der Waals surface area contributed by atoms with Crippen molar-refractivity contribution in [1.29, 1.82) is 0 Å². The quantitative estimate of drug-likeness (QED) is 0.636. The third-order valence-corrected chi connectivity index (χ3v) is 5.22. The molecule has 0 unspecified atom stereocenters. The van der Waals surface area contributed by atoms with Gasteiger partial charge in [-0.2, -0.15) is 4.98 Å². The number of benzene rings is 1. The van der Waals surface area contributed by atoms with Gasteiger partial charge in [0.05, 0.1) is 4.91 Å². The molecule has 0 bridgehead atoms. The van der Waals surface area contributed by atoms with Crippen LogP contribution in [0.25, 0.3) is 6.08 Å². The van der Waals surface area contributed by atoms with Gasteiger partial charge < -0.3 is 9.84 Å². The Morgan fingerprint density at radius 2 is 2.07 bits per heavy atom. The number of hydrogen-bond acceptors (Lipinski definition) is 7. The number of hydrogen-bond donors (Lipinski definition) is 1. The van der Waals surface area contributed by atoms with Gasteiger partial charge in [0.1, 0.15) is 0 Å². The molecular formula is C19H19ClN4O4S. The van der Waals surface area contributed by atoms with E-state index in [9.17, 15) is 14.4 Å². The van der Waals surface area contributed by atoms with Gasteiger partial charge in [0.25, 0.3) is 11.1 Å². The molecule has 3 amide bonds. The summed E-state index contributed by atoms with van der Waals surface area (Å²) in [5.74, 6) is 0.535. The third-order valence-electron chi connectivity index (χ3n) is 4.06. The first-order valence-corrected chi connectivity index (χ1v) is 10.2. The second-order valence-electron chi connectivity index (χ2n) is 6.32. The van der Waals surface area contributed by atoms with E-state index in [0.717, 1.165) is 22.2 Å². The molecule has 1 aromatic carbocycles. The predicted molar refractivity (Wildman–Crippen MR) is 109 cm³/mol. The van der Waals surface area contributed by atoms with Gasteiger partial charge in [0, 0.05) is 31.0 Å². The molecule has 29 heavy (non-hydrogen) atoms. The largest absolute Gasteiger partial charge is 0.354 e. The molecule has 8 nitrogen and oxygen atoms in total. The zero-order valence-electron chi connectivity index (χ0n) is 15.7. The summed E-state index contributed by atoms with van der Waals surface area (Å²) in [4.78, 5) is 42.0. The SMILES string of the molecule is Cc1noc(CCCC(=O)NCCN2C(=O)S/C(=C/c3ccc(Cl)cc3)C2=O)n1. The van der Waals surface area contributed by atoms with E-state index in [1.54, 1.807) is 37.3 Å². The Labute approximate surface area is 176 Å². The van der Waals surface area contributed by atoms with Crippen LogP contribution in [0.4, 0.5) is 4.79 Å². The van der Waals surface area contributed by atoms with Gasteiger partial charge in [-0.3, -0.25) is 19.3 Å². The second kappa shape index (κ2) is 9.71. The van der Waals surface area contributed by atoms with Crippen molar-refractivity contribution in [3.8, 4) is 0 Å². The molecule has 2 heterocycles. The summed E-state index contributed by atoms with van der Waals surface area (Å²) < 4.78 is 4.99. The van der Waals surface area contributed by atoms with E-state index < -0.39 is 0 Å². The van der Waals surface area contributed by atoms with E-state index in [1.165, 1.54) is 0 Å². The van der Waals surface area contributed by atoms with Gasteiger partial charge in [-0.1, -0.05) is 28.9 Å². The molecule has 0 spiro atoms. The highest BCUT2D eigenvalue weighted by Crippen LogP contribution is 2.32. The van der Waals surface area contributed by atoms with Gasteiger partial charge in [-0.25, -0.2) is 0 Å². The maximum absolute atomic E-state index is 12.4. The summed E-state index contributed by atoms with van der Waals surface area (Å²) >= 11 is 6.73. The van der Waals surface area contributed by atoms with Crippen molar-refractivity contribution in [3.05, 3.63) is 51.5 Å². The number of aryl methyl sites for hydroxylation is 2. The topological polar surface area (TPSA) is 105 Å². The van der Waals surface area contributed by atoms with Gasteiger partial charge >= 0.3 is 0 Å². The van der Waals surface area contributed by atoms with E-state index in [-0.39, 0.29) is 30.1 Å². The summed E-state index contributed by atoms with van der Waals surface area (Å²) in [5.41, 5.74) is 0.782.